The number of hydrogen-bond donors (Lipinski definition) is 0. The van der Waals surface area contributed by atoms with Crippen LogP contribution in [0.3, 0.4) is 0 Å². The molecule has 0 aromatic heterocycles. The first-order valence-corrected chi connectivity index (χ1v) is 10.4. The maximum atomic E-state index is 13.3. The van der Waals surface area contributed by atoms with Crippen LogP contribution in [0.4, 0.5) is 5.69 Å². The van der Waals surface area contributed by atoms with Crippen molar-refractivity contribution in [1.29, 1.82) is 0 Å². The molecular formula is C26H23NO3. The van der Waals surface area contributed by atoms with Gasteiger partial charge < -0.3 is 9.64 Å². The maximum Gasteiger partial charge on any atom is 0.308 e. The van der Waals surface area contributed by atoms with Crippen molar-refractivity contribution in [2.75, 3.05) is 4.90 Å². The van der Waals surface area contributed by atoms with Crippen molar-refractivity contribution in [3.63, 3.8) is 0 Å². The third kappa shape index (κ3) is 3.39. The SMILES string of the molecule is O=C(C[C@@H]1c2cc3c(cc2C(=O)N1c1ccccc1)CCC3)OCc1ccccc1. The molecule has 1 aliphatic carbocycles. The highest BCUT2D eigenvalue weighted by atomic mass is 16.5. The summed E-state index contributed by atoms with van der Waals surface area (Å²) in [6.07, 6.45) is 3.32. The van der Waals surface area contributed by atoms with Gasteiger partial charge in [0.2, 0.25) is 0 Å². The standard InChI is InChI=1S/C26H23NO3/c28-25(30-17-18-8-3-1-4-9-18)16-24-22-14-19-10-7-11-20(19)15-23(22)26(29)27(24)21-12-5-2-6-13-21/h1-6,8-9,12-15,24H,7,10-11,16-17H2/t24-/m1/s1. The average molecular weight is 397 g/mol. The second-order valence-corrected chi connectivity index (χ2v) is 7.94. The van der Waals surface area contributed by atoms with Gasteiger partial charge in [0.05, 0.1) is 12.5 Å². The minimum Gasteiger partial charge on any atom is -0.461 e. The molecule has 0 saturated heterocycles. The van der Waals surface area contributed by atoms with Crippen molar-refractivity contribution in [2.24, 2.45) is 0 Å². The van der Waals surface area contributed by atoms with E-state index in [1.165, 1.54) is 11.1 Å². The Kier molecular flexibility index (Phi) is 4.83. The normalized spacial score (nSPS) is 17.0. The third-order valence-corrected chi connectivity index (χ3v) is 6.02. The average Bonchev–Trinajstić information content (AvgIpc) is 3.35. The van der Waals surface area contributed by atoms with Gasteiger partial charge in [0.15, 0.2) is 0 Å². The Morgan fingerprint density at radius 3 is 2.33 bits per heavy atom. The largest absolute Gasteiger partial charge is 0.461 e. The van der Waals surface area contributed by atoms with Gasteiger partial charge in [-0.15, -0.1) is 0 Å². The predicted molar refractivity (Wildman–Crippen MR) is 115 cm³/mol. The van der Waals surface area contributed by atoms with Crippen LogP contribution in [0.1, 0.15) is 51.5 Å². The van der Waals surface area contributed by atoms with E-state index in [-0.39, 0.29) is 30.9 Å². The zero-order chi connectivity index (χ0) is 20.5. The molecule has 2 aliphatic rings. The molecule has 4 nitrogen and oxygen atoms in total. The number of esters is 1. The second-order valence-electron chi connectivity index (χ2n) is 7.94. The number of benzene rings is 3. The van der Waals surface area contributed by atoms with Gasteiger partial charge in [-0.2, -0.15) is 0 Å². The summed E-state index contributed by atoms with van der Waals surface area (Å²) in [5.41, 5.74) is 5.99. The summed E-state index contributed by atoms with van der Waals surface area (Å²) in [6, 6.07) is 23.1. The summed E-state index contributed by atoms with van der Waals surface area (Å²) in [5.74, 6) is -0.335. The van der Waals surface area contributed by atoms with Crippen LogP contribution in [0.5, 0.6) is 0 Å². The van der Waals surface area contributed by atoms with Gasteiger partial charge in [-0.3, -0.25) is 9.59 Å². The fourth-order valence-corrected chi connectivity index (χ4v) is 4.56. The fourth-order valence-electron chi connectivity index (χ4n) is 4.56. The second kappa shape index (κ2) is 7.79. The van der Waals surface area contributed by atoms with Gasteiger partial charge in [-0.05, 0) is 59.7 Å². The quantitative estimate of drug-likeness (QED) is 0.569. The van der Waals surface area contributed by atoms with E-state index in [0.29, 0.717) is 0 Å². The molecule has 0 radical (unpaired) electrons. The number of amides is 1. The van der Waals surface area contributed by atoms with Crippen LogP contribution in [-0.2, 0) is 29.0 Å². The first-order valence-electron chi connectivity index (χ1n) is 10.4. The summed E-state index contributed by atoms with van der Waals surface area (Å²) in [6.45, 7) is 0.239. The lowest BCUT2D eigenvalue weighted by Crippen LogP contribution is -2.29. The summed E-state index contributed by atoms with van der Waals surface area (Å²) in [7, 11) is 0. The number of ether oxygens (including phenoxy) is 1. The Morgan fingerprint density at radius 1 is 0.933 bits per heavy atom. The summed E-state index contributed by atoms with van der Waals surface area (Å²) in [4.78, 5) is 27.8. The van der Waals surface area contributed by atoms with Gasteiger partial charge in [0, 0.05) is 11.3 Å². The lowest BCUT2D eigenvalue weighted by atomic mass is 9.96. The molecule has 0 N–H and O–H groups in total. The maximum absolute atomic E-state index is 13.3. The van der Waals surface area contributed by atoms with E-state index >= 15 is 0 Å². The Hall–Kier alpha value is -3.40. The van der Waals surface area contributed by atoms with Crippen molar-refractivity contribution in [1.82, 2.24) is 0 Å². The zero-order valence-corrected chi connectivity index (χ0v) is 16.7. The molecule has 0 fully saturated rings. The highest BCUT2D eigenvalue weighted by molar-refractivity contribution is 6.11. The van der Waals surface area contributed by atoms with Crippen molar-refractivity contribution in [3.05, 3.63) is 101 Å². The molecule has 1 atom stereocenters. The number of para-hydroxylation sites is 1. The Balaban J connectivity index is 1.44. The highest BCUT2D eigenvalue weighted by Crippen LogP contribution is 2.42. The van der Waals surface area contributed by atoms with E-state index in [2.05, 4.69) is 6.07 Å². The molecule has 30 heavy (non-hydrogen) atoms. The van der Waals surface area contributed by atoms with Crippen LogP contribution in [0.2, 0.25) is 0 Å². The van der Waals surface area contributed by atoms with Crippen molar-refractivity contribution in [2.45, 2.75) is 38.3 Å². The number of anilines is 1. The van der Waals surface area contributed by atoms with E-state index in [0.717, 1.165) is 41.6 Å². The van der Waals surface area contributed by atoms with Gasteiger partial charge in [-0.25, -0.2) is 0 Å². The third-order valence-electron chi connectivity index (χ3n) is 6.02. The molecule has 4 heteroatoms. The van der Waals surface area contributed by atoms with Crippen LogP contribution in [0, 0.1) is 0 Å². The van der Waals surface area contributed by atoms with E-state index in [4.69, 9.17) is 4.74 Å². The number of carbonyl (C=O) groups is 2. The molecular weight excluding hydrogens is 374 g/mol. The summed E-state index contributed by atoms with van der Waals surface area (Å²) < 4.78 is 5.54. The van der Waals surface area contributed by atoms with Gasteiger partial charge >= 0.3 is 5.97 Å². The minimum absolute atomic E-state index is 0.0354. The monoisotopic (exact) mass is 397 g/mol. The van der Waals surface area contributed by atoms with E-state index in [9.17, 15) is 9.59 Å². The Labute approximate surface area is 176 Å². The number of aryl methyl sites for hydroxylation is 2. The summed E-state index contributed by atoms with van der Waals surface area (Å²) >= 11 is 0. The molecule has 0 spiro atoms. The molecule has 0 bridgehead atoms. The van der Waals surface area contributed by atoms with E-state index in [1.54, 1.807) is 4.90 Å². The van der Waals surface area contributed by atoms with Gasteiger partial charge in [0.25, 0.3) is 5.91 Å². The number of nitrogens with zero attached hydrogens (tertiary/aromatic N) is 1. The molecule has 3 aromatic rings. The molecule has 1 heterocycles. The molecule has 1 amide bonds. The van der Waals surface area contributed by atoms with E-state index < -0.39 is 0 Å². The highest BCUT2D eigenvalue weighted by Gasteiger charge is 2.40. The lowest BCUT2D eigenvalue weighted by molar-refractivity contribution is -0.145. The number of carbonyl (C=O) groups excluding carboxylic acids is 2. The number of fused-ring (bicyclic) bond motifs is 2. The molecule has 1 aliphatic heterocycles. The molecule has 3 aromatic carbocycles. The van der Waals surface area contributed by atoms with Crippen LogP contribution >= 0.6 is 0 Å². The molecule has 150 valence electrons. The first kappa shape index (κ1) is 18.6. The predicted octanol–water partition coefficient (Wildman–Crippen LogP) is 5.01. The fraction of sp³-hybridized carbons (Fsp3) is 0.231. The van der Waals surface area contributed by atoms with Crippen molar-refractivity contribution in [3.8, 4) is 0 Å². The first-order chi connectivity index (χ1) is 14.7. The number of hydrogen-bond acceptors (Lipinski definition) is 3. The lowest BCUT2D eigenvalue weighted by Gasteiger charge is -2.25. The minimum atomic E-state index is -0.343. The summed E-state index contributed by atoms with van der Waals surface area (Å²) in [5, 5.41) is 0. The molecule has 0 unspecified atom stereocenters. The van der Waals surface area contributed by atoms with Crippen molar-refractivity contribution >= 4 is 17.6 Å². The van der Waals surface area contributed by atoms with Crippen LogP contribution in [0.15, 0.2) is 72.8 Å². The molecule has 0 saturated carbocycles. The van der Waals surface area contributed by atoms with Gasteiger partial charge in [-0.1, -0.05) is 54.6 Å². The van der Waals surface area contributed by atoms with Crippen molar-refractivity contribution < 1.29 is 14.3 Å². The van der Waals surface area contributed by atoms with Crippen LogP contribution in [-0.4, -0.2) is 11.9 Å². The smallest absolute Gasteiger partial charge is 0.308 e. The Bertz CT molecular complexity index is 1090. The van der Waals surface area contributed by atoms with Crippen LogP contribution < -0.4 is 4.90 Å². The zero-order valence-electron chi connectivity index (χ0n) is 16.7. The van der Waals surface area contributed by atoms with Crippen LogP contribution in [0.25, 0.3) is 0 Å². The Morgan fingerprint density at radius 2 is 1.60 bits per heavy atom. The number of rotatable bonds is 5. The topological polar surface area (TPSA) is 46.6 Å². The van der Waals surface area contributed by atoms with Gasteiger partial charge in [0.1, 0.15) is 6.61 Å². The van der Waals surface area contributed by atoms with E-state index in [1.807, 2.05) is 66.7 Å². The molecule has 5 rings (SSSR count).